The molecule has 1 aromatic heterocycles. The lowest BCUT2D eigenvalue weighted by atomic mass is 9.80. The van der Waals surface area contributed by atoms with Crippen LogP contribution in [0.3, 0.4) is 0 Å². The van der Waals surface area contributed by atoms with Crippen LogP contribution in [-0.2, 0) is 28.2 Å². The van der Waals surface area contributed by atoms with Crippen LogP contribution in [0, 0.1) is 17.8 Å². The Labute approximate surface area is 369 Å². The summed E-state index contributed by atoms with van der Waals surface area (Å²) in [4.78, 5) is 65.9. The van der Waals surface area contributed by atoms with Gasteiger partial charge in [0, 0.05) is 32.6 Å². The van der Waals surface area contributed by atoms with Gasteiger partial charge in [0.2, 0.25) is 0 Å². The zero-order chi connectivity index (χ0) is 45.5. The molecular formula is C48H69N5O8Si. The van der Waals surface area contributed by atoms with Gasteiger partial charge in [-0.2, -0.15) is 4.98 Å². The molecule has 1 saturated heterocycles. The van der Waals surface area contributed by atoms with E-state index in [-0.39, 0.29) is 53.9 Å². The lowest BCUT2D eigenvalue weighted by Gasteiger charge is -2.44. The van der Waals surface area contributed by atoms with Crippen molar-refractivity contribution in [1.29, 1.82) is 0 Å². The third kappa shape index (κ3) is 11.5. The number of aliphatic imine (C=N–C) groups is 1. The zero-order valence-electron chi connectivity index (χ0n) is 38.7. The van der Waals surface area contributed by atoms with E-state index in [1.807, 2.05) is 64.3 Å². The molecule has 2 aliphatic rings. The van der Waals surface area contributed by atoms with Gasteiger partial charge in [0.1, 0.15) is 5.60 Å². The summed E-state index contributed by atoms with van der Waals surface area (Å²) in [7, 11) is 0.517. The van der Waals surface area contributed by atoms with Gasteiger partial charge in [-0.25, -0.2) is 14.6 Å². The van der Waals surface area contributed by atoms with Crippen molar-refractivity contribution in [2.24, 2.45) is 22.7 Å². The summed E-state index contributed by atoms with van der Waals surface area (Å²) < 4.78 is 28.1. The SMILES string of the molecule is CC(C)[C@H](NC(=O)OC(C)(C)C)C(=O)CCC1C(CO[Si](c2ccccc2)(c2ccccc2)C(C)(C)C)OC(n2ccc(/N=C\N(C)C)nc2=O)C1(C)OC(=O)C1CCCCC1. The first kappa shape index (κ1) is 48.4. The average molecular weight is 872 g/mol. The highest BCUT2D eigenvalue weighted by Crippen LogP contribution is 2.49. The van der Waals surface area contributed by atoms with E-state index in [0.29, 0.717) is 12.8 Å². The summed E-state index contributed by atoms with van der Waals surface area (Å²) >= 11 is 0. The molecule has 0 radical (unpaired) electrons. The Hall–Kier alpha value is -4.66. The van der Waals surface area contributed by atoms with Crippen molar-refractivity contribution in [3.05, 3.63) is 83.4 Å². The van der Waals surface area contributed by atoms with E-state index in [1.165, 1.54) is 4.57 Å². The number of benzene rings is 2. The van der Waals surface area contributed by atoms with Crippen LogP contribution in [0.15, 0.2) is 82.7 Å². The van der Waals surface area contributed by atoms with E-state index in [9.17, 15) is 19.2 Å². The number of Topliss-reactive ketones (excluding diaryl/α,β-unsaturated/α-hetero) is 1. The Balaban J connectivity index is 1.62. The maximum Gasteiger partial charge on any atom is 0.408 e. The van der Waals surface area contributed by atoms with E-state index in [2.05, 4.69) is 60.3 Å². The van der Waals surface area contributed by atoms with Crippen LogP contribution in [0.25, 0.3) is 0 Å². The molecule has 3 aromatic rings. The van der Waals surface area contributed by atoms with Crippen LogP contribution in [0.5, 0.6) is 0 Å². The first-order valence-corrected chi connectivity index (χ1v) is 24.0. The molecule has 1 saturated carbocycles. The molecule has 1 aliphatic heterocycles. The highest BCUT2D eigenvalue weighted by atomic mass is 28.4. The summed E-state index contributed by atoms with van der Waals surface area (Å²) in [5.74, 6) is -1.54. The van der Waals surface area contributed by atoms with Crippen molar-refractivity contribution in [3.8, 4) is 0 Å². The van der Waals surface area contributed by atoms with Crippen LogP contribution in [0.1, 0.15) is 113 Å². The number of carbonyl (C=O) groups is 3. The molecule has 5 rings (SSSR count). The average Bonchev–Trinajstić information content (AvgIpc) is 3.47. The number of nitrogens with zero attached hydrogens (tertiary/aromatic N) is 4. The topological polar surface area (TPSA) is 151 Å². The van der Waals surface area contributed by atoms with E-state index < -0.39 is 55.6 Å². The van der Waals surface area contributed by atoms with Crippen molar-refractivity contribution in [3.63, 3.8) is 0 Å². The highest BCUT2D eigenvalue weighted by molar-refractivity contribution is 6.99. The Morgan fingerprint density at radius 3 is 2.08 bits per heavy atom. The predicted molar refractivity (Wildman–Crippen MR) is 245 cm³/mol. The van der Waals surface area contributed by atoms with Gasteiger partial charge in [0.05, 0.1) is 31.0 Å². The van der Waals surface area contributed by atoms with Crippen molar-refractivity contribution in [2.45, 2.75) is 142 Å². The maximum absolute atomic E-state index is 14.3. The molecule has 2 aromatic carbocycles. The van der Waals surface area contributed by atoms with E-state index in [1.54, 1.807) is 51.2 Å². The second-order valence-corrected chi connectivity index (χ2v) is 23.9. The molecular weight excluding hydrogens is 803 g/mol. The number of ketones is 1. The van der Waals surface area contributed by atoms with Crippen LogP contribution in [0.2, 0.25) is 5.04 Å². The number of hydrogen-bond donors (Lipinski definition) is 1. The number of ether oxygens (including phenoxy) is 3. The zero-order valence-corrected chi connectivity index (χ0v) is 39.7. The Morgan fingerprint density at radius 1 is 0.968 bits per heavy atom. The standard InChI is InChI=1S/C48H69N5O8Si/c1-33(2)41(51-45(57)61-46(3,4)5)38(54)28-27-37-39(31-58-62(47(6,7)8,35-23-17-13-18-24-35)36-25-19-14-20-26-36)59-43(48(37,9)60-42(55)34-21-15-12-16-22-34)53-30-29-40(50-44(53)56)49-32-52(10)11/h13-14,17-20,23-26,29-30,32-34,37,39,41,43H,12,15-16,21-22,27-28,31H2,1-11H3,(H,51,57)/b49-32-/t37?,39?,41-,43?,48?/m0/s1. The highest BCUT2D eigenvalue weighted by Gasteiger charge is 2.59. The number of rotatable bonds is 16. The first-order chi connectivity index (χ1) is 29.2. The number of esters is 1. The molecule has 62 heavy (non-hydrogen) atoms. The number of amides is 1. The van der Waals surface area contributed by atoms with Crippen molar-refractivity contribution < 1.29 is 33.0 Å². The molecule has 2 fully saturated rings. The minimum atomic E-state index is -3.12. The minimum absolute atomic E-state index is 0.0109. The predicted octanol–water partition coefficient (Wildman–Crippen LogP) is 7.34. The number of hydrogen-bond acceptors (Lipinski definition) is 10. The summed E-state index contributed by atoms with van der Waals surface area (Å²) in [6.45, 7) is 17.5. The number of nitrogens with one attached hydrogen (secondary N) is 1. The van der Waals surface area contributed by atoms with Gasteiger partial charge in [0.15, 0.2) is 23.4 Å². The van der Waals surface area contributed by atoms with E-state index >= 15 is 0 Å². The molecule has 338 valence electrons. The van der Waals surface area contributed by atoms with Gasteiger partial charge in [-0.15, -0.1) is 0 Å². The van der Waals surface area contributed by atoms with Crippen LogP contribution in [0.4, 0.5) is 10.6 Å². The van der Waals surface area contributed by atoms with Crippen LogP contribution < -0.4 is 21.4 Å². The number of alkyl carbamates (subject to hydrolysis) is 1. The Kier molecular flexibility index (Phi) is 15.8. The molecule has 0 spiro atoms. The molecule has 1 amide bonds. The smallest absolute Gasteiger partial charge is 0.408 e. The summed E-state index contributed by atoms with van der Waals surface area (Å²) in [5.41, 5.74) is -2.84. The molecule has 4 unspecified atom stereocenters. The normalized spacial score (nSPS) is 21.8. The number of aromatic nitrogens is 2. The van der Waals surface area contributed by atoms with Crippen molar-refractivity contribution in [1.82, 2.24) is 19.8 Å². The minimum Gasteiger partial charge on any atom is -0.454 e. The second-order valence-electron chi connectivity index (χ2n) is 19.6. The van der Waals surface area contributed by atoms with Gasteiger partial charge < -0.3 is 28.9 Å². The molecule has 5 atom stereocenters. The second kappa shape index (κ2) is 20.2. The Bertz CT molecular complexity index is 2020. The summed E-state index contributed by atoms with van der Waals surface area (Å²) in [6, 6.07) is 21.3. The molecule has 13 nitrogen and oxygen atoms in total. The summed E-state index contributed by atoms with van der Waals surface area (Å²) in [5, 5.41) is 4.59. The van der Waals surface area contributed by atoms with Gasteiger partial charge in [-0.3, -0.25) is 14.2 Å². The lowest BCUT2D eigenvalue weighted by Crippen LogP contribution is -2.67. The molecule has 2 heterocycles. The fourth-order valence-corrected chi connectivity index (χ4v) is 13.6. The third-order valence-electron chi connectivity index (χ3n) is 12.0. The maximum atomic E-state index is 14.3. The molecule has 1 aliphatic carbocycles. The van der Waals surface area contributed by atoms with Gasteiger partial charge in [-0.05, 0) is 74.4 Å². The fraction of sp³-hybridized carbons (Fsp3) is 0.583. The molecule has 14 heteroatoms. The van der Waals surface area contributed by atoms with E-state index in [4.69, 9.17) is 18.6 Å². The van der Waals surface area contributed by atoms with Crippen LogP contribution >= 0.6 is 0 Å². The fourth-order valence-electron chi connectivity index (χ4n) is 8.99. The third-order valence-corrected chi connectivity index (χ3v) is 17.0. The van der Waals surface area contributed by atoms with Crippen LogP contribution in [-0.4, -0.2) is 91.0 Å². The largest absolute Gasteiger partial charge is 0.454 e. The van der Waals surface area contributed by atoms with Gasteiger partial charge >= 0.3 is 17.8 Å². The van der Waals surface area contributed by atoms with Gasteiger partial charge in [-0.1, -0.05) is 115 Å². The molecule has 0 bridgehead atoms. The van der Waals surface area contributed by atoms with Crippen molar-refractivity contribution >= 4 is 48.7 Å². The van der Waals surface area contributed by atoms with Gasteiger partial charge in [0.25, 0.3) is 8.32 Å². The quantitative estimate of drug-likeness (QED) is 0.0671. The first-order valence-electron chi connectivity index (χ1n) is 22.1. The summed E-state index contributed by atoms with van der Waals surface area (Å²) in [6.07, 6.45) is 5.08. The lowest BCUT2D eigenvalue weighted by molar-refractivity contribution is -0.180. The van der Waals surface area contributed by atoms with E-state index in [0.717, 1.165) is 29.6 Å². The Morgan fingerprint density at radius 2 is 1.56 bits per heavy atom. The molecule has 1 N–H and O–H groups in total. The monoisotopic (exact) mass is 871 g/mol. The number of carbonyl (C=O) groups excluding carboxylic acids is 3. The van der Waals surface area contributed by atoms with Crippen molar-refractivity contribution in [2.75, 3.05) is 20.7 Å².